The number of hydrogen-bond acceptors (Lipinski definition) is 5. The number of benzene rings is 2. The molecule has 1 atom stereocenters. The van der Waals surface area contributed by atoms with E-state index in [1.54, 1.807) is 31.4 Å². The Hall–Kier alpha value is -2.67. The van der Waals surface area contributed by atoms with E-state index < -0.39 is 12.0 Å². The van der Waals surface area contributed by atoms with Crippen molar-refractivity contribution in [3.63, 3.8) is 0 Å². The number of methoxy groups -OCH3 is 2. The van der Waals surface area contributed by atoms with Gasteiger partial charge in [0.1, 0.15) is 11.5 Å². The second kappa shape index (κ2) is 9.72. The number of amides is 1. The van der Waals surface area contributed by atoms with E-state index in [1.807, 2.05) is 24.3 Å². The van der Waals surface area contributed by atoms with Gasteiger partial charge in [0.15, 0.2) is 6.04 Å². The summed E-state index contributed by atoms with van der Waals surface area (Å²) in [5.41, 5.74) is 0.495. The zero-order valence-electron chi connectivity index (χ0n) is 14.6. The lowest BCUT2D eigenvalue weighted by Crippen LogP contribution is -2.33. The summed E-state index contributed by atoms with van der Waals surface area (Å²) >= 11 is 1.52. The van der Waals surface area contributed by atoms with Crippen LogP contribution in [0, 0.1) is 0 Å². The molecular weight excluding hydrogens is 354 g/mol. The van der Waals surface area contributed by atoms with Gasteiger partial charge in [-0.1, -0.05) is 12.1 Å². The summed E-state index contributed by atoms with van der Waals surface area (Å²) in [6.45, 7) is 0. The van der Waals surface area contributed by atoms with Crippen LogP contribution >= 0.6 is 11.8 Å². The summed E-state index contributed by atoms with van der Waals surface area (Å²) in [4.78, 5) is 24.6. The summed E-state index contributed by atoms with van der Waals surface area (Å²) in [5.74, 6) is 0.532. The van der Waals surface area contributed by atoms with Gasteiger partial charge in [0.05, 0.1) is 14.2 Å². The average molecular weight is 375 g/mol. The van der Waals surface area contributed by atoms with Crippen LogP contribution in [-0.2, 0) is 9.59 Å². The summed E-state index contributed by atoms with van der Waals surface area (Å²) in [5, 5.41) is 12.0. The first-order valence-electron chi connectivity index (χ1n) is 7.96. The fraction of sp³-hybridized carbons (Fsp3) is 0.263. The Bertz CT molecular complexity index is 731. The third-order valence-corrected chi connectivity index (χ3v) is 4.67. The maximum Gasteiger partial charge on any atom is 0.330 e. The molecule has 0 saturated carbocycles. The van der Waals surface area contributed by atoms with Crippen LogP contribution in [0.5, 0.6) is 11.5 Å². The standard InChI is InChI=1S/C19H21NO5S/c1-24-14-5-3-13(4-6-14)18(19(22)23)20-17(21)11-12-26-16-9-7-15(25-2)8-10-16/h3-10,18H,11-12H2,1-2H3,(H,20,21)(H,22,23). The predicted molar refractivity (Wildman–Crippen MR) is 99.8 cm³/mol. The molecule has 6 nitrogen and oxygen atoms in total. The van der Waals surface area contributed by atoms with Crippen molar-refractivity contribution in [3.8, 4) is 11.5 Å². The molecule has 0 radical (unpaired) electrons. The molecule has 2 rings (SSSR count). The Kier molecular flexibility index (Phi) is 7.35. The van der Waals surface area contributed by atoms with Crippen LogP contribution in [0.2, 0.25) is 0 Å². The van der Waals surface area contributed by atoms with Crippen molar-refractivity contribution >= 4 is 23.6 Å². The summed E-state index contributed by atoms with van der Waals surface area (Å²) < 4.78 is 10.2. The molecule has 0 aliphatic heterocycles. The molecule has 0 saturated heterocycles. The first-order chi connectivity index (χ1) is 12.5. The minimum atomic E-state index is -1.11. The maximum atomic E-state index is 12.1. The zero-order valence-corrected chi connectivity index (χ0v) is 15.4. The number of carbonyl (C=O) groups is 2. The van der Waals surface area contributed by atoms with Gasteiger partial charge in [-0.05, 0) is 42.0 Å². The van der Waals surface area contributed by atoms with Crippen molar-refractivity contribution < 1.29 is 24.2 Å². The molecule has 0 aromatic heterocycles. The molecule has 0 spiro atoms. The molecule has 7 heteroatoms. The zero-order chi connectivity index (χ0) is 18.9. The van der Waals surface area contributed by atoms with Gasteiger partial charge < -0.3 is 19.9 Å². The van der Waals surface area contributed by atoms with Gasteiger partial charge in [0.25, 0.3) is 0 Å². The Morgan fingerprint density at radius 2 is 1.54 bits per heavy atom. The smallest absolute Gasteiger partial charge is 0.330 e. The highest BCUT2D eigenvalue weighted by Gasteiger charge is 2.21. The lowest BCUT2D eigenvalue weighted by molar-refractivity contribution is -0.142. The number of hydrogen-bond donors (Lipinski definition) is 2. The normalized spacial score (nSPS) is 11.5. The molecule has 138 valence electrons. The summed E-state index contributed by atoms with van der Waals surface area (Å²) in [6, 6.07) is 13.0. The van der Waals surface area contributed by atoms with Crippen LogP contribution in [0.1, 0.15) is 18.0 Å². The largest absolute Gasteiger partial charge is 0.497 e. The predicted octanol–water partition coefficient (Wildman–Crippen LogP) is 3.13. The SMILES string of the molecule is COc1ccc(SCCC(=O)NC(C(=O)O)c2ccc(OC)cc2)cc1. The Labute approximate surface area is 156 Å². The highest BCUT2D eigenvalue weighted by molar-refractivity contribution is 7.99. The van der Waals surface area contributed by atoms with E-state index in [4.69, 9.17) is 9.47 Å². The third kappa shape index (κ3) is 5.70. The van der Waals surface area contributed by atoms with Crippen molar-refractivity contribution in [2.24, 2.45) is 0 Å². The Balaban J connectivity index is 1.87. The second-order valence-corrected chi connectivity index (χ2v) is 6.55. The van der Waals surface area contributed by atoms with Gasteiger partial charge in [-0.15, -0.1) is 11.8 Å². The Morgan fingerprint density at radius 1 is 1.00 bits per heavy atom. The van der Waals surface area contributed by atoms with E-state index in [0.29, 0.717) is 17.1 Å². The Morgan fingerprint density at radius 3 is 2.04 bits per heavy atom. The number of aliphatic carboxylic acids is 1. The molecular formula is C19H21NO5S. The summed E-state index contributed by atoms with van der Waals surface area (Å²) in [7, 11) is 3.14. The van der Waals surface area contributed by atoms with E-state index in [-0.39, 0.29) is 12.3 Å². The molecule has 1 unspecified atom stereocenters. The number of ether oxygens (including phenoxy) is 2. The molecule has 0 aliphatic carbocycles. The third-order valence-electron chi connectivity index (χ3n) is 3.66. The van der Waals surface area contributed by atoms with Crippen molar-refractivity contribution in [3.05, 3.63) is 54.1 Å². The number of nitrogens with one attached hydrogen (secondary N) is 1. The van der Waals surface area contributed by atoms with Gasteiger partial charge in [-0.25, -0.2) is 4.79 Å². The van der Waals surface area contributed by atoms with Crippen molar-refractivity contribution in [2.75, 3.05) is 20.0 Å². The van der Waals surface area contributed by atoms with Crippen LogP contribution in [0.3, 0.4) is 0 Å². The van der Waals surface area contributed by atoms with Crippen molar-refractivity contribution in [2.45, 2.75) is 17.4 Å². The molecule has 1 amide bonds. The van der Waals surface area contributed by atoms with Gasteiger partial charge in [0, 0.05) is 17.1 Å². The van der Waals surface area contributed by atoms with Crippen LogP contribution in [-0.4, -0.2) is 37.0 Å². The lowest BCUT2D eigenvalue weighted by Gasteiger charge is -2.15. The second-order valence-electron chi connectivity index (χ2n) is 5.39. The minimum Gasteiger partial charge on any atom is -0.497 e. The van der Waals surface area contributed by atoms with Gasteiger partial charge in [-0.3, -0.25) is 4.79 Å². The van der Waals surface area contributed by atoms with Gasteiger partial charge >= 0.3 is 5.97 Å². The van der Waals surface area contributed by atoms with Crippen LogP contribution in [0.15, 0.2) is 53.4 Å². The minimum absolute atomic E-state index is 0.219. The van der Waals surface area contributed by atoms with E-state index in [9.17, 15) is 14.7 Å². The topological polar surface area (TPSA) is 84.9 Å². The highest BCUT2D eigenvalue weighted by Crippen LogP contribution is 2.22. The first-order valence-corrected chi connectivity index (χ1v) is 8.95. The van der Waals surface area contributed by atoms with E-state index in [2.05, 4.69) is 5.32 Å². The molecule has 26 heavy (non-hydrogen) atoms. The molecule has 0 bridgehead atoms. The van der Waals surface area contributed by atoms with E-state index >= 15 is 0 Å². The molecule has 0 fully saturated rings. The first kappa shape index (κ1) is 19.7. The maximum absolute atomic E-state index is 12.1. The fourth-order valence-electron chi connectivity index (χ4n) is 2.25. The van der Waals surface area contributed by atoms with E-state index in [1.165, 1.54) is 18.9 Å². The monoisotopic (exact) mass is 375 g/mol. The molecule has 2 N–H and O–H groups in total. The van der Waals surface area contributed by atoms with E-state index in [0.717, 1.165) is 10.6 Å². The highest BCUT2D eigenvalue weighted by atomic mass is 32.2. The van der Waals surface area contributed by atoms with Crippen LogP contribution < -0.4 is 14.8 Å². The number of carbonyl (C=O) groups excluding carboxylic acids is 1. The lowest BCUT2D eigenvalue weighted by atomic mass is 10.1. The van der Waals surface area contributed by atoms with Crippen molar-refractivity contribution in [1.82, 2.24) is 5.32 Å². The quantitative estimate of drug-likeness (QED) is 0.655. The molecule has 2 aromatic rings. The number of thioether (sulfide) groups is 1. The number of carboxylic acid groups (broad SMARTS) is 1. The number of rotatable bonds is 9. The van der Waals surface area contributed by atoms with Crippen molar-refractivity contribution in [1.29, 1.82) is 0 Å². The molecule has 0 aliphatic rings. The molecule has 0 heterocycles. The number of carboxylic acids is 1. The van der Waals surface area contributed by atoms with Gasteiger partial charge in [0.2, 0.25) is 5.91 Å². The van der Waals surface area contributed by atoms with Crippen LogP contribution in [0.4, 0.5) is 0 Å². The molecule has 2 aromatic carbocycles. The van der Waals surface area contributed by atoms with Crippen LogP contribution in [0.25, 0.3) is 0 Å². The van der Waals surface area contributed by atoms with Gasteiger partial charge in [-0.2, -0.15) is 0 Å². The fourth-order valence-corrected chi connectivity index (χ4v) is 3.10. The average Bonchev–Trinajstić information content (AvgIpc) is 2.66. The summed E-state index contributed by atoms with van der Waals surface area (Å²) in [6.07, 6.45) is 0.219.